The highest BCUT2D eigenvalue weighted by atomic mass is 15.6. The van der Waals surface area contributed by atoms with E-state index in [9.17, 15) is 0 Å². The zero-order chi connectivity index (χ0) is 10.1. The topological polar surface area (TPSA) is 127 Å². The molecule has 0 spiro atoms. The number of aromatic nitrogens is 10. The van der Waals surface area contributed by atoms with E-state index in [0.717, 1.165) is 0 Å². The first-order chi connectivity index (χ1) is 7.45. The Morgan fingerprint density at radius 2 is 2.13 bits per heavy atom. The van der Waals surface area contributed by atoms with Crippen molar-refractivity contribution in [2.45, 2.75) is 0 Å². The molecule has 0 aromatic carbocycles. The molecular weight excluding hydrogens is 200 g/mol. The summed E-state index contributed by atoms with van der Waals surface area (Å²) in [5, 5.41) is 31.1. The van der Waals surface area contributed by atoms with Crippen molar-refractivity contribution in [1.82, 2.24) is 51.0 Å². The third-order valence-electron chi connectivity index (χ3n) is 1.75. The van der Waals surface area contributed by atoms with Crippen molar-refractivity contribution >= 4 is 0 Å². The van der Waals surface area contributed by atoms with Gasteiger partial charge in [-0.2, -0.15) is 30.4 Å². The van der Waals surface area contributed by atoms with Crippen molar-refractivity contribution in [1.29, 1.82) is 0 Å². The summed E-state index contributed by atoms with van der Waals surface area (Å²) in [6, 6.07) is 0. The Balaban J connectivity index is 2.15. The summed E-state index contributed by atoms with van der Waals surface area (Å²) in [6.07, 6.45) is 2.95. The molecule has 0 atom stereocenters. The molecule has 0 fully saturated rings. The number of aromatic amines is 2. The summed E-state index contributed by atoms with van der Waals surface area (Å²) in [5.74, 6) is 0.467. The molecule has 0 saturated heterocycles. The van der Waals surface area contributed by atoms with Crippen molar-refractivity contribution in [3.63, 3.8) is 0 Å². The van der Waals surface area contributed by atoms with Gasteiger partial charge in [0.25, 0.3) is 0 Å². The normalized spacial score (nSPS) is 10.7. The standard InChI is InChI=1S/C5H4N10/c1-3(8-11-6-1)4-5(10-13-9-4)15-2-7-12-14-15/h1-2H,(H,6,8,11)(H,9,10,13). The molecule has 0 saturated carbocycles. The summed E-state index contributed by atoms with van der Waals surface area (Å²) in [5.41, 5.74) is 1.09. The van der Waals surface area contributed by atoms with Crippen LogP contribution in [0.3, 0.4) is 0 Å². The molecule has 0 bridgehead atoms. The first kappa shape index (κ1) is 7.73. The van der Waals surface area contributed by atoms with E-state index in [2.05, 4.69) is 46.3 Å². The van der Waals surface area contributed by atoms with Crippen molar-refractivity contribution in [2.24, 2.45) is 0 Å². The minimum atomic E-state index is 0.467. The minimum Gasteiger partial charge on any atom is -0.197 e. The molecule has 0 unspecified atom stereocenters. The highest BCUT2D eigenvalue weighted by molar-refractivity contribution is 5.60. The maximum atomic E-state index is 3.94. The molecule has 74 valence electrons. The van der Waals surface area contributed by atoms with Crippen LogP contribution in [0.5, 0.6) is 0 Å². The summed E-state index contributed by atoms with van der Waals surface area (Å²) < 4.78 is 1.38. The second-order valence-electron chi connectivity index (χ2n) is 2.61. The average Bonchev–Trinajstić information content (AvgIpc) is 3.01. The van der Waals surface area contributed by atoms with Crippen LogP contribution in [0.4, 0.5) is 0 Å². The highest BCUT2D eigenvalue weighted by Crippen LogP contribution is 2.17. The van der Waals surface area contributed by atoms with Gasteiger partial charge in [-0.3, -0.25) is 0 Å². The molecule has 10 nitrogen and oxygen atoms in total. The lowest BCUT2D eigenvalue weighted by atomic mass is 10.3. The maximum Gasteiger partial charge on any atom is 0.208 e. The maximum absolute atomic E-state index is 3.94. The van der Waals surface area contributed by atoms with E-state index in [0.29, 0.717) is 17.2 Å². The Kier molecular flexibility index (Phi) is 1.51. The van der Waals surface area contributed by atoms with Gasteiger partial charge < -0.3 is 0 Å². The summed E-state index contributed by atoms with van der Waals surface area (Å²) in [7, 11) is 0. The molecule has 3 aromatic heterocycles. The molecule has 2 N–H and O–H groups in total. The fourth-order valence-corrected chi connectivity index (χ4v) is 1.13. The predicted molar refractivity (Wildman–Crippen MR) is 44.5 cm³/mol. The van der Waals surface area contributed by atoms with E-state index in [1.807, 2.05) is 0 Å². The van der Waals surface area contributed by atoms with Crippen LogP contribution in [-0.2, 0) is 0 Å². The van der Waals surface area contributed by atoms with Crippen LogP contribution in [0.15, 0.2) is 12.5 Å². The van der Waals surface area contributed by atoms with Crippen LogP contribution < -0.4 is 0 Å². The van der Waals surface area contributed by atoms with Gasteiger partial charge in [0, 0.05) is 0 Å². The molecule has 3 heterocycles. The fourth-order valence-electron chi connectivity index (χ4n) is 1.13. The molecule has 0 aliphatic carbocycles. The fraction of sp³-hybridized carbons (Fsp3) is 0. The van der Waals surface area contributed by atoms with Crippen LogP contribution in [0.25, 0.3) is 17.2 Å². The Morgan fingerprint density at radius 3 is 2.87 bits per heavy atom. The zero-order valence-electron chi connectivity index (χ0n) is 7.23. The van der Waals surface area contributed by atoms with Crippen molar-refractivity contribution in [3.8, 4) is 17.2 Å². The number of rotatable bonds is 2. The monoisotopic (exact) mass is 204 g/mol. The predicted octanol–water partition coefficient (Wildman–Crippen LogP) is -1.43. The molecule has 3 rings (SSSR count). The van der Waals surface area contributed by atoms with E-state index in [1.165, 1.54) is 17.2 Å². The number of hydrogen-bond donors (Lipinski definition) is 2. The van der Waals surface area contributed by atoms with Crippen LogP contribution in [-0.4, -0.2) is 51.0 Å². The average molecular weight is 204 g/mol. The number of tetrazole rings is 1. The van der Waals surface area contributed by atoms with Crippen molar-refractivity contribution in [2.75, 3.05) is 0 Å². The van der Waals surface area contributed by atoms with Crippen molar-refractivity contribution in [3.05, 3.63) is 12.5 Å². The van der Waals surface area contributed by atoms with E-state index in [-0.39, 0.29) is 0 Å². The number of hydrogen-bond acceptors (Lipinski definition) is 7. The van der Waals surface area contributed by atoms with E-state index < -0.39 is 0 Å². The Hall–Kier alpha value is -2.65. The molecule has 3 aromatic rings. The first-order valence-electron chi connectivity index (χ1n) is 3.95. The lowest BCUT2D eigenvalue weighted by molar-refractivity contribution is 0.765. The third kappa shape index (κ3) is 1.15. The zero-order valence-corrected chi connectivity index (χ0v) is 7.23. The molecule has 0 radical (unpaired) electrons. The van der Waals surface area contributed by atoms with Gasteiger partial charge in [-0.05, 0) is 10.4 Å². The number of nitrogens with zero attached hydrogens (tertiary/aromatic N) is 8. The van der Waals surface area contributed by atoms with Crippen LogP contribution >= 0.6 is 0 Å². The summed E-state index contributed by atoms with van der Waals surface area (Å²) in [4.78, 5) is 0. The van der Waals surface area contributed by atoms with Crippen LogP contribution in [0.2, 0.25) is 0 Å². The highest BCUT2D eigenvalue weighted by Gasteiger charge is 2.15. The Morgan fingerprint density at radius 1 is 1.13 bits per heavy atom. The molecule has 0 aliphatic rings. The van der Waals surface area contributed by atoms with Crippen molar-refractivity contribution < 1.29 is 0 Å². The SMILES string of the molecule is c1n[nH]nc1-c1n[nH]nc1-n1cnnn1. The molecule has 0 amide bonds. The largest absolute Gasteiger partial charge is 0.208 e. The van der Waals surface area contributed by atoms with Gasteiger partial charge in [0.2, 0.25) is 5.82 Å². The summed E-state index contributed by atoms with van der Waals surface area (Å²) >= 11 is 0. The van der Waals surface area contributed by atoms with Gasteiger partial charge in [0.05, 0.1) is 6.20 Å². The van der Waals surface area contributed by atoms with Gasteiger partial charge in [-0.25, -0.2) is 0 Å². The molecule has 15 heavy (non-hydrogen) atoms. The third-order valence-corrected chi connectivity index (χ3v) is 1.75. The lowest BCUT2D eigenvalue weighted by Crippen LogP contribution is -1.98. The van der Waals surface area contributed by atoms with Crippen LogP contribution in [0.1, 0.15) is 0 Å². The van der Waals surface area contributed by atoms with Gasteiger partial charge in [-0.15, -0.1) is 10.2 Å². The molecule has 0 aliphatic heterocycles. The molecule has 10 heteroatoms. The second-order valence-corrected chi connectivity index (χ2v) is 2.61. The van der Waals surface area contributed by atoms with Gasteiger partial charge in [0.1, 0.15) is 12.0 Å². The van der Waals surface area contributed by atoms with E-state index in [1.54, 1.807) is 0 Å². The number of nitrogens with one attached hydrogen (secondary N) is 2. The summed E-state index contributed by atoms with van der Waals surface area (Å²) in [6.45, 7) is 0. The minimum absolute atomic E-state index is 0.467. The van der Waals surface area contributed by atoms with Gasteiger partial charge in [-0.1, -0.05) is 0 Å². The number of H-pyrrole nitrogens is 2. The van der Waals surface area contributed by atoms with Crippen LogP contribution in [0, 0.1) is 0 Å². The first-order valence-corrected chi connectivity index (χ1v) is 3.95. The quantitative estimate of drug-likeness (QED) is 0.523. The lowest BCUT2D eigenvalue weighted by Gasteiger charge is -1.93. The van der Waals surface area contributed by atoms with Gasteiger partial charge in [0.15, 0.2) is 5.69 Å². The molecular formula is C5H4N10. The van der Waals surface area contributed by atoms with Gasteiger partial charge >= 0.3 is 0 Å². The Labute approximate surface area is 81.7 Å². The Bertz CT molecular complexity index is 483. The van der Waals surface area contributed by atoms with E-state index >= 15 is 0 Å². The smallest absolute Gasteiger partial charge is 0.197 e. The second kappa shape index (κ2) is 2.94. The van der Waals surface area contributed by atoms with E-state index in [4.69, 9.17) is 0 Å².